The lowest BCUT2D eigenvalue weighted by Crippen LogP contribution is -2.63. The van der Waals surface area contributed by atoms with E-state index in [0.29, 0.717) is 31.2 Å². The minimum atomic E-state index is -7.37. The Morgan fingerprint density at radius 2 is 1.58 bits per heavy atom. The summed E-state index contributed by atoms with van der Waals surface area (Å²) < 4.78 is 147. The summed E-state index contributed by atoms with van der Waals surface area (Å²) in [4.78, 5) is 12.9. The molecule has 6 unspecified atom stereocenters. The zero-order valence-corrected chi connectivity index (χ0v) is 21.2. The third-order valence-electron chi connectivity index (χ3n) is 8.63. The van der Waals surface area contributed by atoms with Crippen LogP contribution in [0.25, 0.3) is 0 Å². The number of ketones is 1. The molecule has 3 aliphatic rings. The number of hydrogen-bond acceptors (Lipinski definition) is 4. The van der Waals surface area contributed by atoms with Crippen LogP contribution < -0.4 is 4.18 Å². The molecule has 0 N–H and O–H groups in total. The van der Waals surface area contributed by atoms with Crippen molar-refractivity contribution in [3.8, 4) is 5.75 Å². The highest BCUT2D eigenvalue weighted by Crippen LogP contribution is 2.62. The van der Waals surface area contributed by atoms with Crippen molar-refractivity contribution in [3.05, 3.63) is 29.3 Å². The van der Waals surface area contributed by atoms with Crippen molar-refractivity contribution in [2.75, 3.05) is 0 Å². The molecule has 0 spiro atoms. The Balaban J connectivity index is 1.63. The molecule has 0 heterocycles. The van der Waals surface area contributed by atoms with E-state index in [1.807, 2.05) is 20.8 Å². The van der Waals surface area contributed by atoms with E-state index in [-0.39, 0.29) is 35.4 Å². The van der Waals surface area contributed by atoms with E-state index in [4.69, 9.17) is 0 Å². The summed E-state index contributed by atoms with van der Waals surface area (Å²) in [6.45, 7) is 5.81. The van der Waals surface area contributed by atoms with Gasteiger partial charge in [-0.1, -0.05) is 26.8 Å². The van der Waals surface area contributed by atoms with Crippen LogP contribution in [0.15, 0.2) is 18.2 Å². The van der Waals surface area contributed by atoms with Gasteiger partial charge in [-0.25, -0.2) is 0 Å². The second kappa shape index (κ2) is 8.50. The molecule has 6 atom stereocenters. The van der Waals surface area contributed by atoms with Crippen molar-refractivity contribution in [3.63, 3.8) is 0 Å². The fourth-order valence-electron chi connectivity index (χ4n) is 6.97. The van der Waals surface area contributed by atoms with E-state index in [1.165, 1.54) is 6.07 Å². The van der Waals surface area contributed by atoms with Crippen LogP contribution in [0.5, 0.6) is 5.75 Å². The lowest BCUT2D eigenvalue weighted by molar-refractivity contribution is -0.382. The van der Waals surface area contributed by atoms with Crippen LogP contribution in [0.2, 0.25) is 0 Å². The van der Waals surface area contributed by atoms with Gasteiger partial charge in [0.1, 0.15) is 11.5 Å². The van der Waals surface area contributed by atoms with Crippen LogP contribution in [0, 0.1) is 29.1 Å². The first-order chi connectivity index (χ1) is 17.1. The largest absolute Gasteiger partial charge is 0.460 e. The molecule has 0 bridgehead atoms. The van der Waals surface area contributed by atoms with Crippen LogP contribution in [0.1, 0.15) is 57.1 Å². The van der Waals surface area contributed by atoms with Gasteiger partial charge in [0, 0.05) is 11.3 Å². The minimum Gasteiger partial charge on any atom is -0.378 e. The van der Waals surface area contributed by atoms with Crippen molar-refractivity contribution in [1.82, 2.24) is 0 Å². The number of carbonyl (C=O) groups is 1. The Hall–Kier alpha value is -1.99. The normalized spacial score (nSPS) is 32.4. The number of halogens is 9. The molecule has 214 valence electrons. The van der Waals surface area contributed by atoms with Crippen LogP contribution in [0.3, 0.4) is 0 Å². The molecule has 0 amide bonds. The fraction of sp³-hybridized carbons (Fsp3) is 0.708. The number of alkyl halides is 9. The van der Waals surface area contributed by atoms with Crippen molar-refractivity contribution >= 4 is 15.9 Å². The Labute approximate surface area is 213 Å². The number of fused-ring (bicyclic) bond motifs is 5. The molecule has 14 heteroatoms. The number of rotatable bonds is 5. The highest BCUT2D eigenvalue weighted by molar-refractivity contribution is 7.88. The smallest absolute Gasteiger partial charge is 0.378 e. The van der Waals surface area contributed by atoms with Crippen molar-refractivity contribution < 1.29 is 56.9 Å². The third kappa shape index (κ3) is 3.86. The Morgan fingerprint density at radius 1 is 0.974 bits per heavy atom. The third-order valence-corrected chi connectivity index (χ3v) is 9.93. The summed E-state index contributed by atoms with van der Waals surface area (Å²) in [5.74, 6) is -15.4. The summed E-state index contributed by atoms with van der Waals surface area (Å²) in [7, 11) is -7.01. The van der Waals surface area contributed by atoms with Gasteiger partial charge in [-0.3, -0.25) is 4.79 Å². The van der Waals surface area contributed by atoms with E-state index in [0.717, 1.165) is 17.7 Å². The predicted octanol–water partition coefficient (Wildman–Crippen LogP) is 6.74. The number of benzene rings is 1. The van der Waals surface area contributed by atoms with Crippen LogP contribution in [-0.2, 0) is 21.3 Å². The zero-order valence-electron chi connectivity index (χ0n) is 20.4. The zero-order chi connectivity index (χ0) is 28.9. The van der Waals surface area contributed by atoms with E-state index >= 15 is 0 Å². The van der Waals surface area contributed by atoms with Crippen LogP contribution >= 0.6 is 0 Å². The number of aryl methyl sites for hydroxylation is 1. The molecule has 3 aliphatic carbocycles. The summed E-state index contributed by atoms with van der Waals surface area (Å²) in [6.07, 6.45) is -4.99. The molecule has 1 aromatic carbocycles. The van der Waals surface area contributed by atoms with E-state index in [9.17, 15) is 52.7 Å². The van der Waals surface area contributed by atoms with Gasteiger partial charge in [0.25, 0.3) is 0 Å². The molecule has 2 saturated carbocycles. The molecule has 4 nitrogen and oxygen atoms in total. The van der Waals surface area contributed by atoms with Gasteiger partial charge in [0.15, 0.2) is 0 Å². The maximum Gasteiger partial charge on any atom is 0.460 e. The number of hydrogen-bond donors (Lipinski definition) is 0. The van der Waals surface area contributed by atoms with Gasteiger partial charge in [-0.2, -0.15) is 47.9 Å². The standard InChI is InChI=1S/C24H25F9O4S/c1-11-8-17-16-6-4-13-9-14(5-7-15(13)18(16)12(2)10-20(17,3)19(11)34)37-38(35,36)24(32,33)22(27,28)21(25,26)23(29,30)31/h5,7,9,11-12,16-18H,4,6,8,10H2,1-3H3. The Morgan fingerprint density at radius 3 is 2.16 bits per heavy atom. The quantitative estimate of drug-likeness (QED) is 0.286. The summed E-state index contributed by atoms with van der Waals surface area (Å²) in [5, 5.41) is -6.92. The van der Waals surface area contributed by atoms with Crippen LogP contribution in [-0.4, -0.2) is 37.5 Å². The monoisotopic (exact) mass is 580 g/mol. The van der Waals surface area contributed by atoms with E-state index < -0.39 is 44.6 Å². The van der Waals surface area contributed by atoms with Crippen molar-refractivity contribution in [1.29, 1.82) is 0 Å². The first-order valence-corrected chi connectivity index (χ1v) is 13.3. The van der Waals surface area contributed by atoms with Gasteiger partial charge in [-0.15, -0.1) is 0 Å². The average molecular weight is 581 g/mol. The molecule has 2 fully saturated rings. The molecular weight excluding hydrogens is 555 g/mol. The highest BCUT2D eigenvalue weighted by atomic mass is 32.2. The molecule has 0 aromatic heterocycles. The first kappa shape index (κ1) is 29.0. The van der Waals surface area contributed by atoms with Gasteiger partial charge in [0.05, 0.1) is 0 Å². The second-order valence-corrected chi connectivity index (χ2v) is 12.6. The minimum absolute atomic E-state index is 0.0117. The summed E-state index contributed by atoms with van der Waals surface area (Å²) in [6, 6.07) is 3.22. The Kier molecular flexibility index (Phi) is 6.49. The summed E-state index contributed by atoms with van der Waals surface area (Å²) >= 11 is 0. The Bertz CT molecular complexity index is 1240. The molecule has 1 aromatic rings. The lowest BCUT2D eigenvalue weighted by atomic mass is 9.52. The van der Waals surface area contributed by atoms with Crippen LogP contribution in [0.4, 0.5) is 39.5 Å². The maximum absolute atomic E-state index is 14.1. The molecule has 0 aliphatic heterocycles. The molecule has 0 saturated heterocycles. The van der Waals surface area contributed by atoms with E-state index in [1.54, 1.807) is 0 Å². The number of Topliss-reactive ketones (excluding diaryl/α,β-unsaturated/α-hetero) is 1. The fourth-order valence-corrected chi connectivity index (χ4v) is 7.88. The lowest BCUT2D eigenvalue weighted by Gasteiger charge is -2.51. The molecular formula is C24H25F9O4S. The number of carbonyl (C=O) groups excluding carboxylic acids is 1. The van der Waals surface area contributed by atoms with Gasteiger partial charge in [0.2, 0.25) is 0 Å². The van der Waals surface area contributed by atoms with Gasteiger partial charge < -0.3 is 4.18 Å². The van der Waals surface area contributed by atoms with Gasteiger partial charge in [-0.05, 0) is 72.6 Å². The van der Waals surface area contributed by atoms with Crippen molar-refractivity contribution in [2.45, 2.75) is 75.6 Å². The predicted molar refractivity (Wildman–Crippen MR) is 116 cm³/mol. The van der Waals surface area contributed by atoms with E-state index in [2.05, 4.69) is 4.18 Å². The summed E-state index contributed by atoms with van der Waals surface area (Å²) in [5.41, 5.74) is 0.694. The molecule has 38 heavy (non-hydrogen) atoms. The van der Waals surface area contributed by atoms with Crippen molar-refractivity contribution in [2.24, 2.45) is 29.1 Å². The molecule has 0 radical (unpaired) electrons. The first-order valence-electron chi connectivity index (χ1n) is 11.9. The SMILES string of the molecule is CC1CC2C3CCc4cc(OS(=O)(=O)C(F)(F)C(F)(F)C(F)(F)C(F)(F)F)ccc4C3C(C)CC2(C)C1=O. The maximum atomic E-state index is 14.1. The second-order valence-electron chi connectivity index (χ2n) is 11.0. The highest BCUT2D eigenvalue weighted by Gasteiger charge is 2.86. The van der Waals surface area contributed by atoms with Gasteiger partial charge >= 0.3 is 33.4 Å². The average Bonchev–Trinajstić information content (AvgIpc) is 3.00. The topological polar surface area (TPSA) is 60.4 Å². The molecule has 4 rings (SSSR count).